The summed E-state index contributed by atoms with van der Waals surface area (Å²) in [5.41, 5.74) is 4.67. The van der Waals surface area contributed by atoms with E-state index in [2.05, 4.69) is 41.8 Å². The Labute approximate surface area is 206 Å². The van der Waals surface area contributed by atoms with E-state index < -0.39 is 5.92 Å². The van der Waals surface area contributed by atoms with Crippen LogP contribution in [0.1, 0.15) is 48.0 Å². The zero-order chi connectivity index (χ0) is 24.4. The number of carbonyl (C=O) groups excluding carboxylic acids is 2. The minimum absolute atomic E-state index is 0.0930. The fourth-order valence-corrected chi connectivity index (χ4v) is 7.64. The van der Waals surface area contributed by atoms with Crippen LogP contribution in [0.4, 0.5) is 0 Å². The monoisotopic (exact) mass is 472 g/mol. The van der Waals surface area contributed by atoms with Crippen molar-refractivity contribution >= 4 is 11.6 Å². The lowest BCUT2D eigenvalue weighted by molar-refractivity contribution is -0.134. The summed E-state index contributed by atoms with van der Waals surface area (Å²) in [4.78, 5) is 30.2. The molecule has 8 unspecified atom stereocenters. The maximum Gasteiger partial charge on any atom is 0.265 e. The summed E-state index contributed by atoms with van der Waals surface area (Å²) in [6.07, 6.45) is 5.11. The molecule has 0 N–H and O–H groups in total. The van der Waals surface area contributed by atoms with Crippen LogP contribution < -0.4 is 4.74 Å². The summed E-state index contributed by atoms with van der Waals surface area (Å²) >= 11 is 0. The number of aromatic nitrogens is 1. The van der Waals surface area contributed by atoms with Crippen molar-refractivity contribution in [3.63, 3.8) is 0 Å². The lowest BCUT2D eigenvalue weighted by Crippen LogP contribution is -2.51. The number of rotatable bonds is 5. The van der Waals surface area contributed by atoms with Crippen molar-refractivity contribution in [1.82, 2.24) is 10.1 Å². The molecule has 6 heteroatoms. The standard InChI is InChI=1S/C29H32N2O4/c1-15(2)21-17-11-8-12-18(21)22-19(17)13-20-23(26(22)32)27(33)24-28(25(20)31(3)4)35-30-29(24)34-14-16-9-6-5-7-10-16/h5-7,9-12,15,17-23,25H,13-14H2,1-4H3. The van der Waals surface area contributed by atoms with Gasteiger partial charge in [-0.1, -0.05) is 44.2 Å². The maximum atomic E-state index is 14.2. The molecular formula is C29H32N2O4. The SMILES string of the molecule is CC(C)C1C2C=C=CC1C1C(=O)C3C(=O)c4c(OCc5ccccc5)noc4C(N(C)C)C3CC21. The van der Waals surface area contributed by atoms with Gasteiger partial charge in [0.25, 0.3) is 5.88 Å². The molecular weight excluding hydrogens is 440 g/mol. The molecule has 35 heavy (non-hydrogen) atoms. The van der Waals surface area contributed by atoms with Gasteiger partial charge in [-0.2, -0.15) is 0 Å². The van der Waals surface area contributed by atoms with Crippen LogP contribution in [0.5, 0.6) is 5.88 Å². The van der Waals surface area contributed by atoms with Gasteiger partial charge in [0.1, 0.15) is 18.0 Å². The van der Waals surface area contributed by atoms with Crippen LogP contribution in [0.3, 0.4) is 0 Å². The molecule has 0 aliphatic heterocycles. The molecule has 2 aromatic rings. The second-order valence-corrected chi connectivity index (χ2v) is 11.2. The molecule has 4 aliphatic carbocycles. The Balaban J connectivity index is 1.38. The summed E-state index contributed by atoms with van der Waals surface area (Å²) < 4.78 is 11.8. The molecule has 4 aliphatic rings. The third-order valence-corrected chi connectivity index (χ3v) is 8.88. The summed E-state index contributed by atoms with van der Waals surface area (Å²) in [7, 11) is 3.96. The molecule has 0 radical (unpaired) electrons. The number of ether oxygens (including phenoxy) is 1. The van der Waals surface area contributed by atoms with Gasteiger partial charge < -0.3 is 9.26 Å². The molecule has 0 spiro atoms. The molecule has 2 bridgehead atoms. The zero-order valence-electron chi connectivity index (χ0n) is 20.7. The van der Waals surface area contributed by atoms with E-state index in [9.17, 15) is 9.59 Å². The molecule has 2 fully saturated rings. The fraction of sp³-hybridized carbons (Fsp3) is 0.517. The van der Waals surface area contributed by atoms with Crippen LogP contribution in [0, 0.1) is 47.3 Å². The van der Waals surface area contributed by atoms with Gasteiger partial charge in [-0.25, -0.2) is 0 Å². The van der Waals surface area contributed by atoms with E-state index in [4.69, 9.17) is 9.26 Å². The third-order valence-electron chi connectivity index (χ3n) is 8.88. The normalized spacial score (nSPS) is 34.8. The summed E-state index contributed by atoms with van der Waals surface area (Å²) in [6, 6.07) is 9.55. The topological polar surface area (TPSA) is 72.6 Å². The lowest BCUT2D eigenvalue weighted by Gasteiger charge is -2.45. The smallest absolute Gasteiger partial charge is 0.265 e. The lowest BCUT2D eigenvalue weighted by atomic mass is 9.59. The predicted octanol–water partition coefficient (Wildman–Crippen LogP) is 4.73. The first-order chi connectivity index (χ1) is 16.9. The van der Waals surface area contributed by atoms with Gasteiger partial charge in [0.15, 0.2) is 11.5 Å². The van der Waals surface area contributed by atoms with Crippen LogP contribution in [-0.4, -0.2) is 35.7 Å². The molecule has 6 rings (SSSR count). The fourth-order valence-electron chi connectivity index (χ4n) is 7.64. The summed E-state index contributed by atoms with van der Waals surface area (Å²) in [5, 5.41) is 4.17. The number of nitrogens with zero attached hydrogens (tertiary/aromatic N) is 2. The molecule has 1 aromatic carbocycles. The highest BCUT2D eigenvalue weighted by Crippen LogP contribution is 2.61. The zero-order valence-corrected chi connectivity index (χ0v) is 20.7. The van der Waals surface area contributed by atoms with Crippen molar-refractivity contribution < 1.29 is 18.8 Å². The van der Waals surface area contributed by atoms with Gasteiger partial charge >= 0.3 is 0 Å². The van der Waals surface area contributed by atoms with Crippen LogP contribution in [-0.2, 0) is 11.4 Å². The Bertz CT molecular complexity index is 1220. The Kier molecular flexibility index (Phi) is 5.35. The molecule has 6 nitrogen and oxygen atoms in total. The number of ketones is 2. The number of carbonyl (C=O) groups is 2. The first kappa shape index (κ1) is 22.5. The van der Waals surface area contributed by atoms with Gasteiger partial charge in [0.2, 0.25) is 0 Å². The summed E-state index contributed by atoms with van der Waals surface area (Å²) in [5.74, 6) is 1.32. The van der Waals surface area contributed by atoms with E-state index >= 15 is 0 Å². The van der Waals surface area contributed by atoms with Gasteiger partial charge in [0.05, 0.1) is 12.0 Å². The molecule has 1 aromatic heterocycles. The average molecular weight is 473 g/mol. The summed E-state index contributed by atoms with van der Waals surface area (Å²) in [6.45, 7) is 4.77. The van der Waals surface area contributed by atoms with E-state index in [1.165, 1.54) is 0 Å². The second-order valence-electron chi connectivity index (χ2n) is 11.2. The number of fused-ring (bicyclic) bond motifs is 7. The Morgan fingerprint density at radius 3 is 2.57 bits per heavy atom. The van der Waals surface area contributed by atoms with Crippen molar-refractivity contribution in [3.05, 3.63) is 65.1 Å². The predicted molar refractivity (Wildman–Crippen MR) is 130 cm³/mol. The van der Waals surface area contributed by atoms with E-state index in [1.807, 2.05) is 44.4 Å². The number of benzene rings is 1. The van der Waals surface area contributed by atoms with Crippen LogP contribution in [0.25, 0.3) is 0 Å². The largest absolute Gasteiger partial charge is 0.470 e. The molecule has 2 saturated carbocycles. The van der Waals surface area contributed by atoms with Crippen molar-refractivity contribution in [1.29, 1.82) is 0 Å². The minimum Gasteiger partial charge on any atom is -0.470 e. The van der Waals surface area contributed by atoms with Crippen molar-refractivity contribution in [3.8, 4) is 5.88 Å². The Hall–Kier alpha value is -2.95. The molecule has 182 valence electrons. The highest BCUT2D eigenvalue weighted by Gasteiger charge is 2.63. The number of allylic oxidation sites excluding steroid dienone is 1. The van der Waals surface area contributed by atoms with Gasteiger partial charge in [-0.3, -0.25) is 14.5 Å². The van der Waals surface area contributed by atoms with Crippen molar-refractivity contribution in [2.24, 2.45) is 47.3 Å². The van der Waals surface area contributed by atoms with Gasteiger partial charge in [-0.15, -0.1) is 5.73 Å². The Morgan fingerprint density at radius 1 is 1.11 bits per heavy atom. The van der Waals surface area contributed by atoms with E-state index in [0.717, 1.165) is 12.0 Å². The van der Waals surface area contributed by atoms with Gasteiger partial charge in [0, 0.05) is 5.92 Å². The first-order valence-corrected chi connectivity index (χ1v) is 12.7. The third kappa shape index (κ3) is 3.30. The number of hydrogen-bond acceptors (Lipinski definition) is 6. The van der Waals surface area contributed by atoms with Crippen LogP contribution >= 0.6 is 0 Å². The van der Waals surface area contributed by atoms with E-state index in [0.29, 0.717) is 29.1 Å². The quantitative estimate of drug-likeness (QED) is 0.463. The van der Waals surface area contributed by atoms with Crippen molar-refractivity contribution in [2.45, 2.75) is 32.9 Å². The molecule has 8 atom stereocenters. The minimum atomic E-state index is -0.685. The van der Waals surface area contributed by atoms with Crippen molar-refractivity contribution in [2.75, 3.05) is 14.1 Å². The highest BCUT2D eigenvalue weighted by molar-refractivity contribution is 6.14. The van der Waals surface area contributed by atoms with E-state index in [-0.39, 0.29) is 53.8 Å². The molecule has 0 saturated heterocycles. The van der Waals surface area contributed by atoms with Crippen LogP contribution in [0.15, 0.2) is 52.7 Å². The molecule has 1 heterocycles. The average Bonchev–Trinajstić information content (AvgIpc) is 3.33. The first-order valence-electron chi connectivity index (χ1n) is 12.7. The number of Topliss-reactive ketones (excluding diaryl/α,β-unsaturated/α-hetero) is 2. The highest BCUT2D eigenvalue weighted by atomic mass is 16.5. The number of hydrogen-bond donors (Lipinski definition) is 0. The van der Waals surface area contributed by atoms with E-state index in [1.54, 1.807) is 0 Å². The second kappa shape index (κ2) is 8.32. The van der Waals surface area contributed by atoms with Gasteiger partial charge in [-0.05, 0) is 78.9 Å². The maximum absolute atomic E-state index is 14.2. The van der Waals surface area contributed by atoms with Crippen LogP contribution in [0.2, 0.25) is 0 Å². The molecule has 0 amide bonds. The Morgan fingerprint density at radius 2 is 1.86 bits per heavy atom.